The number of ether oxygens (including phenoxy) is 1. The molecule has 2 atom stereocenters. The van der Waals surface area contributed by atoms with Gasteiger partial charge in [0.15, 0.2) is 0 Å². The first-order valence-electron chi connectivity index (χ1n) is 13.4. The van der Waals surface area contributed by atoms with Gasteiger partial charge in [0.05, 0.1) is 12.5 Å². The molecule has 5 rings (SSSR count). The van der Waals surface area contributed by atoms with Crippen LogP contribution in [0.1, 0.15) is 49.3 Å². The Hall–Kier alpha value is -2.85. The summed E-state index contributed by atoms with van der Waals surface area (Å²) in [6.45, 7) is 6.21. The van der Waals surface area contributed by atoms with Gasteiger partial charge in [-0.3, -0.25) is 9.69 Å². The summed E-state index contributed by atoms with van der Waals surface area (Å²) < 4.78 is 6.30. The van der Waals surface area contributed by atoms with Crippen LogP contribution in [-0.4, -0.2) is 37.0 Å². The van der Waals surface area contributed by atoms with E-state index in [2.05, 4.69) is 77.8 Å². The summed E-state index contributed by atoms with van der Waals surface area (Å²) >= 11 is 0. The van der Waals surface area contributed by atoms with Crippen molar-refractivity contribution < 1.29 is 9.53 Å². The van der Waals surface area contributed by atoms with E-state index in [0.29, 0.717) is 12.5 Å². The number of hydrogen-bond acceptors (Lipinski definition) is 3. The summed E-state index contributed by atoms with van der Waals surface area (Å²) in [5, 5.41) is 5.72. The predicted octanol–water partition coefficient (Wildman–Crippen LogP) is 5.76. The number of fused-ring (bicyclic) bond motifs is 2. The average Bonchev–Trinajstić information content (AvgIpc) is 3.35. The summed E-state index contributed by atoms with van der Waals surface area (Å²) in [6, 6.07) is 21.8. The smallest absolute Gasteiger partial charge is 0.224 e. The number of unbranched alkanes of at least 4 members (excludes halogenated alkanes) is 1. The molecule has 2 aliphatic rings. The van der Waals surface area contributed by atoms with Gasteiger partial charge < -0.3 is 10.1 Å². The van der Waals surface area contributed by atoms with Gasteiger partial charge in [-0.15, -0.1) is 0 Å². The zero-order valence-corrected chi connectivity index (χ0v) is 21.0. The number of benzene rings is 3. The molecular weight excluding hydrogens is 432 g/mol. The van der Waals surface area contributed by atoms with Crippen LogP contribution in [0.5, 0.6) is 5.75 Å². The molecule has 3 aromatic carbocycles. The summed E-state index contributed by atoms with van der Waals surface area (Å²) in [5.74, 6) is 1.51. The molecule has 1 fully saturated rings. The van der Waals surface area contributed by atoms with Gasteiger partial charge in [0.25, 0.3) is 0 Å². The highest BCUT2D eigenvalue weighted by Crippen LogP contribution is 2.29. The Kier molecular flexibility index (Phi) is 7.68. The maximum atomic E-state index is 13.0. The van der Waals surface area contributed by atoms with Crippen LogP contribution in [0, 0.1) is 11.8 Å². The Morgan fingerprint density at radius 2 is 1.86 bits per heavy atom. The predicted molar refractivity (Wildman–Crippen MR) is 143 cm³/mol. The van der Waals surface area contributed by atoms with Crippen molar-refractivity contribution in [2.75, 3.05) is 26.2 Å². The lowest BCUT2D eigenvalue weighted by molar-refractivity contribution is -0.127. The summed E-state index contributed by atoms with van der Waals surface area (Å²) in [5.41, 5.74) is 4.21. The highest BCUT2D eigenvalue weighted by Gasteiger charge is 2.32. The molecule has 1 amide bonds. The molecule has 1 heterocycles. The van der Waals surface area contributed by atoms with E-state index in [0.717, 1.165) is 57.6 Å². The lowest BCUT2D eigenvalue weighted by Crippen LogP contribution is -2.47. The first-order chi connectivity index (χ1) is 17.2. The first kappa shape index (κ1) is 23.9. The van der Waals surface area contributed by atoms with Crippen LogP contribution in [0.25, 0.3) is 10.8 Å². The second-order valence-corrected chi connectivity index (χ2v) is 10.4. The molecule has 1 aliphatic heterocycles. The molecule has 0 radical (unpaired) electrons. The molecule has 1 aliphatic carbocycles. The lowest BCUT2D eigenvalue weighted by atomic mass is 9.88. The van der Waals surface area contributed by atoms with Crippen LogP contribution in [0.4, 0.5) is 0 Å². The molecule has 35 heavy (non-hydrogen) atoms. The Morgan fingerprint density at radius 3 is 2.74 bits per heavy atom. The monoisotopic (exact) mass is 470 g/mol. The molecule has 0 spiro atoms. The van der Waals surface area contributed by atoms with Crippen molar-refractivity contribution in [3.05, 3.63) is 77.4 Å². The molecule has 4 nitrogen and oxygen atoms in total. The van der Waals surface area contributed by atoms with E-state index in [1.165, 1.54) is 40.3 Å². The minimum absolute atomic E-state index is 0.00897. The number of carbonyl (C=O) groups excluding carboxylic acids is 1. The number of carbonyl (C=O) groups is 1. The number of piperidine rings is 1. The van der Waals surface area contributed by atoms with Crippen LogP contribution in [-0.2, 0) is 24.2 Å². The van der Waals surface area contributed by atoms with E-state index in [4.69, 9.17) is 4.74 Å². The number of hydrogen-bond donors (Lipinski definition) is 1. The minimum atomic E-state index is 0.00897. The molecule has 1 saturated heterocycles. The summed E-state index contributed by atoms with van der Waals surface area (Å²) in [7, 11) is 0. The number of rotatable bonds is 9. The van der Waals surface area contributed by atoms with Crippen molar-refractivity contribution >= 4 is 16.7 Å². The molecule has 0 aromatic heterocycles. The Morgan fingerprint density at radius 1 is 1.00 bits per heavy atom. The van der Waals surface area contributed by atoms with Crippen molar-refractivity contribution in [3.8, 4) is 5.75 Å². The van der Waals surface area contributed by atoms with Crippen LogP contribution < -0.4 is 10.1 Å². The Labute approximate surface area is 209 Å². The molecule has 0 saturated carbocycles. The fourth-order valence-electron chi connectivity index (χ4n) is 5.72. The number of nitrogens with one attached hydrogen (secondary N) is 1. The first-order valence-corrected chi connectivity index (χ1v) is 13.4. The van der Waals surface area contributed by atoms with Gasteiger partial charge in [-0.25, -0.2) is 0 Å². The van der Waals surface area contributed by atoms with E-state index >= 15 is 0 Å². The van der Waals surface area contributed by atoms with Gasteiger partial charge in [0, 0.05) is 32.1 Å². The summed E-state index contributed by atoms with van der Waals surface area (Å²) in [6.07, 6.45) is 6.61. The van der Waals surface area contributed by atoms with Crippen molar-refractivity contribution in [3.63, 3.8) is 0 Å². The third kappa shape index (κ3) is 6.05. The molecule has 0 unspecified atom stereocenters. The van der Waals surface area contributed by atoms with E-state index in [1.807, 2.05) is 0 Å². The van der Waals surface area contributed by atoms with Crippen LogP contribution in [0.15, 0.2) is 60.7 Å². The van der Waals surface area contributed by atoms with E-state index < -0.39 is 0 Å². The van der Waals surface area contributed by atoms with Gasteiger partial charge >= 0.3 is 0 Å². The minimum Gasteiger partial charge on any atom is -0.493 e. The second kappa shape index (κ2) is 11.3. The van der Waals surface area contributed by atoms with Gasteiger partial charge in [0.1, 0.15) is 5.75 Å². The van der Waals surface area contributed by atoms with Crippen molar-refractivity contribution in [2.24, 2.45) is 11.8 Å². The van der Waals surface area contributed by atoms with Crippen molar-refractivity contribution in [1.29, 1.82) is 0 Å². The topological polar surface area (TPSA) is 41.6 Å². The van der Waals surface area contributed by atoms with Crippen LogP contribution in [0.2, 0.25) is 0 Å². The fraction of sp³-hybridized carbons (Fsp3) is 0.452. The average molecular weight is 471 g/mol. The molecule has 3 aromatic rings. The van der Waals surface area contributed by atoms with Gasteiger partial charge in [-0.1, -0.05) is 55.8 Å². The molecule has 0 bridgehead atoms. The zero-order chi connectivity index (χ0) is 24.0. The number of amides is 1. The Bertz CT molecular complexity index is 1160. The van der Waals surface area contributed by atoms with Crippen molar-refractivity contribution in [1.82, 2.24) is 10.2 Å². The van der Waals surface area contributed by atoms with Gasteiger partial charge in [-0.2, -0.15) is 0 Å². The van der Waals surface area contributed by atoms with Gasteiger partial charge in [0.2, 0.25) is 5.91 Å². The maximum Gasteiger partial charge on any atom is 0.224 e. The normalized spacial score (nSPS) is 20.0. The second-order valence-electron chi connectivity index (χ2n) is 10.4. The third-order valence-electron chi connectivity index (χ3n) is 7.59. The third-order valence-corrected chi connectivity index (χ3v) is 7.59. The lowest BCUT2D eigenvalue weighted by Gasteiger charge is -2.37. The van der Waals surface area contributed by atoms with E-state index in [-0.39, 0.29) is 11.8 Å². The van der Waals surface area contributed by atoms with Crippen molar-refractivity contribution in [2.45, 2.75) is 52.0 Å². The number of likely N-dealkylation sites (tertiary alicyclic amines) is 1. The number of aryl methyl sites for hydroxylation is 2. The highest BCUT2D eigenvalue weighted by atomic mass is 16.5. The number of nitrogens with zero attached hydrogens (tertiary/aromatic N) is 1. The zero-order valence-electron chi connectivity index (χ0n) is 21.0. The highest BCUT2D eigenvalue weighted by molar-refractivity contribution is 5.83. The van der Waals surface area contributed by atoms with E-state index in [9.17, 15) is 4.79 Å². The largest absolute Gasteiger partial charge is 0.493 e. The van der Waals surface area contributed by atoms with Crippen LogP contribution >= 0.6 is 0 Å². The van der Waals surface area contributed by atoms with E-state index in [1.54, 1.807) is 0 Å². The molecular formula is C31H38N2O2. The molecule has 1 N–H and O–H groups in total. The molecule has 4 heteroatoms. The SMILES string of the molecule is CCCCNC(=O)[C@@H]1C[C@H](COc2ccc3c(c2)CCC3)CN(Cc2ccc3ccccc3c2)C1. The quantitative estimate of drug-likeness (QED) is 0.404. The Balaban J connectivity index is 1.26. The standard InChI is InChI=1S/C31H38N2O2/c1-2-3-15-32-31(34)29-17-24(22-35-30-14-13-26-9-6-10-28(26)18-30)20-33(21-29)19-23-11-12-25-7-4-5-8-27(25)16-23/h4-5,7-8,11-14,16,18,24,29H,2-3,6,9-10,15,17,19-22H2,1H3,(H,32,34)/t24-,29+/m0/s1. The summed E-state index contributed by atoms with van der Waals surface area (Å²) in [4.78, 5) is 15.5. The maximum absolute atomic E-state index is 13.0. The molecule has 184 valence electrons. The van der Waals surface area contributed by atoms with Gasteiger partial charge in [-0.05, 0) is 77.8 Å². The van der Waals surface area contributed by atoms with Crippen LogP contribution in [0.3, 0.4) is 0 Å². The fourth-order valence-corrected chi connectivity index (χ4v) is 5.72.